The molecule has 0 aliphatic rings. The molecule has 2 aromatic carbocycles. The van der Waals surface area contributed by atoms with E-state index in [4.69, 9.17) is 17.0 Å². The predicted molar refractivity (Wildman–Crippen MR) is 102 cm³/mol. The van der Waals surface area contributed by atoms with Crippen LogP contribution in [0.15, 0.2) is 48.5 Å². The third-order valence-corrected chi connectivity index (χ3v) is 4.33. The molecule has 2 N–H and O–H groups in total. The molecule has 0 radical (unpaired) electrons. The monoisotopic (exact) mass is 368 g/mol. The van der Waals surface area contributed by atoms with Gasteiger partial charge in [0.25, 0.3) is 0 Å². The summed E-state index contributed by atoms with van der Waals surface area (Å²) in [6, 6.07) is 15.5. The number of aromatic nitrogens is 3. The standard InChI is InChI=1S/C19H20N4O2S/c1-13-3-5-14(6-4-13)11-20-17(24)12-23-18(21-22-19(23)26)15-7-9-16(25-2)10-8-15/h3-10H,11-12H2,1-2H3,(H,20,24)(H,22,26). The topological polar surface area (TPSA) is 71.9 Å². The SMILES string of the molecule is COc1ccc(-c2n[nH]c(=S)n2CC(=O)NCc2ccc(C)cc2)cc1. The number of rotatable bonds is 6. The van der Waals surface area contributed by atoms with E-state index in [0.29, 0.717) is 17.1 Å². The van der Waals surface area contributed by atoms with Crippen LogP contribution in [0, 0.1) is 11.7 Å². The smallest absolute Gasteiger partial charge is 0.240 e. The van der Waals surface area contributed by atoms with Gasteiger partial charge in [0.2, 0.25) is 5.91 Å². The van der Waals surface area contributed by atoms with Gasteiger partial charge < -0.3 is 10.1 Å². The van der Waals surface area contributed by atoms with Crippen LogP contribution in [-0.4, -0.2) is 27.8 Å². The normalized spacial score (nSPS) is 10.5. The minimum absolute atomic E-state index is 0.0998. The van der Waals surface area contributed by atoms with Crippen molar-refractivity contribution in [3.63, 3.8) is 0 Å². The molecule has 0 aliphatic carbocycles. The number of aromatic amines is 1. The summed E-state index contributed by atoms with van der Waals surface area (Å²) in [5, 5.41) is 9.91. The molecule has 0 fully saturated rings. The number of ether oxygens (including phenoxy) is 1. The highest BCUT2D eigenvalue weighted by Gasteiger charge is 2.12. The van der Waals surface area contributed by atoms with Gasteiger partial charge in [0.1, 0.15) is 12.3 Å². The molecule has 0 unspecified atom stereocenters. The fraction of sp³-hybridized carbons (Fsp3) is 0.211. The zero-order chi connectivity index (χ0) is 18.5. The molecular formula is C19H20N4O2S. The lowest BCUT2D eigenvalue weighted by molar-refractivity contribution is -0.121. The Bertz CT molecular complexity index is 943. The summed E-state index contributed by atoms with van der Waals surface area (Å²) in [6.07, 6.45) is 0. The molecule has 3 aromatic rings. The molecular weight excluding hydrogens is 348 g/mol. The summed E-state index contributed by atoms with van der Waals surface area (Å²) in [5.41, 5.74) is 3.09. The van der Waals surface area contributed by atoms with Gasteiger partial charge in [-0.05, 0) is 49.0 Å². The van der Waals surface area contributed by atoms with E-state index in [0.717, 1.165) is 16.9 Å². The van der Waals surface area contributed by atoms with Crippen LogP contribution in [0.25, 0.3) is 11.4 Å². The fourth-order valence-electron chi connectivity index (χ4n) is 2.53. The Morgan fingerprint density at radius 3 is 2.54 bits per heavy atom. The van der Waals surface area contributed by atoms with Crippen molar-refractivity contribution in [2.24, 2.45) is 0 Å². The number of benzene rings is 2. The van der Waals surface area contributed by atoms with Crippen molar-refractivity contribution < 1.29 is 9.53 Å². The largest absolute Gasteiger partial charge is 0.497 e. The summed E-state index contributed by atoms with van der Waals surface area (Å²) < 4.78 is 7.25. The number of nitrogens with zero attached hydrogens (tertiary/aromatic N) is 2. The highest BCUT2D eigenvalue weighted by Crippen LogP contribution is 2.20. The van der Waals surface area contributed by atoms with E-state index < -0.39 is 0 Å². The molecule has 0 bridgehead atoms. The maximum absolute atomic E-state index is 12.3. The van der Waals surface area contributed by atoms with Crippen molar-refractivity contribution in [2.75, 3.05) is 7.11 Å². The Morgan fingerprint density at radius 1 is 1.19 bits per heavy atom. The zero-order valence-corrected chi connectivity index (χ0v) is 15.5. The Hall–Kier alpha value is -2.93. The number of nitrogens with one attached hydrogen (secondary N) is 2. The molecule has 6 nitrogen and oxygen atoms in total. The minimum Gasteiger partial charge on any atom is -0.497 e. The van der Waals surface area contributed by atoms with Gasteiger partial charge in [-0.25, -0.2) is 0 Å². The molecule has 26 heavy (non-hydrogen) atoms. The van der Waals surface area contributed by atoms with Crippen LogP contribution in [0.5, 0.6) is 5.75 Å². The molecule has 7 heteroatoms. The van der Waals surface area contributed by atoms with Crippen molar-refractivity contribution >= 4 is 18.1 Å². The number of carbonyl (C=O) groups is 1. The van der Waals surface area contributed by atoms with E-state index in [-0.39, 0.29) is 12.5 Å². The van der Waals surface area contributed by atoms with E-state index in [1.54, 1.807) is 11.7 Å². The second-order valence-electron chi connectivity index (χ2n) is 5.93. The minimum atomic E-state index is -0.127. The molecule has 0 saturated carbocycles. The third kappa shape index (κ3) is 4.18. The molecule has 134 valence electrons. The van der Waals surface area contributed by atoms with Crippen LogP contribution >= 0.6 is 12.2 Å². The van der Waals surface area contributed by atoms with Crippen molar-refractivity contribution in [2.45, 2.75) is 20.0 Å². The van der Waals surface area contributed by atoms with Crippen LogP contribution in [-0.2, 0) is 17.9 Å². The Balaban J connectivity index is 1.71. The number of aryl methyl sites for hydroxylation is 1. The van der Waals surface area contributed by atoms with Gasteiger partial charge in [0.15, 0.2) is 10.6 Å². The van der Waals surface area contributed by atoms with E-state index >= 15 is 0 Å². The van der Waals surface area contributed by atoms with Gasteiger partial charge in [0, 0.05) is 12.1 Å². The maximum atomic E-state index is 12.3. The van der Waals surface area contributed by atoms with Gasteiger partial charge in [-0.15, -0.1) is 0 Å². The molecule has 0 spiro atoms. The molecule has 1 amide bonds. The van der Waals surface area contributed by atoms with Crippen molar-refractivity contribution in [3.8, 4) is 17.1 Å². The van der Waals surface area contributed by atoms with Crippen molar-refractivity contribution in [1.29, 1.82) is 0 Å². The molecule has 1 heterocycles. The van der Waals surface area contributed by atoms with Crippen LogP contribution in [0.4, 0.5) is 0 Å². The average Bonchev–Trinajstić information content (AvgIpc) is 3.02. The quantitative estimate of drug-likeness (QED) is 0.655. The van der Waals surface area contributed by atoms with E-state index in [2.05, 4.69) is 15.5 Å². The summed E-state index contributed by atoms with van der Waals surface area (Å²) in [6.45, 7) is 2.61. The maximum Gasteiger partial charge on any atom is 0.240 e. The Morgan fingerprint density at radius 2 is 1.88 bits per heavy atom. The van der Waals surface area contributed by atoms with E-state index in [1.807, 2.05) is 55.5 Å². The first-order valence-corrected chi connectivity index (χ1v) is 8.59. The molecule has 0 atom stereocenters. The van der Waals surface area contributed by atoms with Crippen LogP contribution < -0.4 is 10.1 Å². The summed E-state index contributed by atoms with van der Waals surface area (Å²) in [4.78, 5) is 12.3. The average molecular weight is 368 g/mol. The predicted octanol–water partition coefficient (Wildman–Crippen LogP) is 3.24. The molecule has 0 aliphatic heterocycles. The lowest BCUT2D eigenvalue weighted by Crippen LogP contribution is -2.27. The van der Waals surface area contributed by atoms with Crippen LogP contribution in [0.1, 0.15) is 11.1 Å². The lowest BCUT2D eigenvalue weighted by atomic mass is 10.1. The first-order chi connectivity index (χ1) is 12.6. The number of H-pyrrole nitrogens is 1. The summed E-state index contributed by atoms with van der Waals surface area (Å²) in [7, 11) is 1.61. The van der Waals surface area contributed by atoms with Crippen LogP contribution in [0.3, 0.4) is 0 Å². The summed E-state index contributed by atoms with van der Waals surface area (Å²) >= 11 is 5.27. The number of methoxy groups -OCH3 is 1. The van der Waals surface area contributed by atoms with E-state index in [1.165, 1.54) is 5.56 Å². The van der Waals surface area contributed by atoms with Gasteiger partial charge in [-0.3, -0.25) is 14.5 Å². The zero-order valence-electron chi connectivity index (χ0n) is 14.7. The first-order valence-electron chi connectivity index (χ1n) is 8.18. The Kier molecular flexibility index (Phi) is 5.48. The first kappa shape index (κ1) is 17.9. The van der Waals surface area contributed by atoms with Crippen molar-refractivity contribution in [1.82, 2.24) is 20.1 Å². The second kappa shape index (κ2) is 7.97. The van der Waals surface area contributed by atoms with E-state index in [9.17, 15) is 4.79 Å². The number of hydrogen-bond donors (Lipinski definition) is 2. The van der Waals surface area contributed by atoms with Gasteiger partial charge in [-0.2, -0.15) is 5.10 Å². The molecule has 3 rings (SSSR count). The lowest BCUT2D eigenvalue weighted by Gasteiger charge is -2.09. The molecule has 1 aromatic heterocycles. The highest BCUT2D eigenvalue weighted by molar-refractivity contribution is 7.71. The fourth-order valence-corrected chi connectivity index (χ4v) is 2.73. The van der Waals surface area contributed by atoms with Gasteiger partial charge in [0.05, 0.1) is 7.11 Å². The second-order valence-corrected chi connectivity index (χ2v) is 6.32. The van der Waals surface area contributed by atoms with Crippen LogP contribution in [0.2, 0.25) is 0 Å². The number of carbonyl (C=O) groups excluding carboxylic acids is 1. The Labute approximate surface area is 156 Å². The number of hydrogen-bond acceptors (Lipinski definition) is 4. The highest BCUT2D eigenvalue weighted by atomic mass is 32.1. The van der Waals surface area contributed by atoms with Gasteiger partial charge in [-0.1, -0.05) is 29.8 Å². The van der Waals surface area contributed by atoms with Crippen molar-refractivity contribution in [3.05, 3.63) is 64.4 Å². The number of amides is 1. The molecule has 0 saturated heterocycles. The summed E-state index contributed by atoms with van der Waals surface area (Å²) in [5.74, 6) is 1.24. The third-order valence-electron chi connectivity index (χ3n) is 4.02. The van der Waals surface area contributed by atoms with Gasteiger partial charge >= 0.3 is 0 Å².